The molecule has 0 radical (unpaired) electrons. The number of nitrogens with one attached hydrogen (secondary N) is 1. The van der Waals surface area contributed by atoms with Gasteiger partial charge in [-0.25, -0.2) is 4.79 Å². The summed E-state index contributed by atoms with van der Waals surface area (Å²) in [4.78, 5) is 37.5. The van der Waals surface area contributed by atoms with Gasteiger partial charge in [-0.3, -0.25) is 9.59 Å². The van der Waals surface area contributed by atoms with Crippen LogP contribution >= 0.6 is 11.8 Å². The number of para-hydroxylation sites is 1. The first kappa shape index (κ1) is 21.7. The molecule has 3 rings (SSSR count). The maximum atomic E-state index is 12.4. The molecule has 2 N–H and O–H groups in total. The van der Waals surface area contributed by atoms with Crippen molar-refractivity contribution in [2.45, 2.75) is 49.1 Å². The minimum Gasteiger partial charge on any atom is -1.00 e. The van der Waals surface area contributed by atoms with E-state index in [-0.39, 0.29) is 64.1 Å². The molecule has 26 heavy (non-hydrogen) atoms. The Morgan fingerprint density at radius 3 is 2.54 bits per heavy atom. The molecule has 1 unspecified atom stereocenters. The minimum absolute atomic E-state index is 0. The average molecular weight is 405 g/mol. The Morgan fingerprint density at radius 1 is 1.35 bits per heavy atom. The number of carboxylic acid groups (broad SMARTS) is 1. The number of amides is 2. The molecule has 4 atom stereocenters. The number of hydrogen-bond donors (Lipinski definition) is 2. The van der Waals surface area contributed by atoms with Crippen molar-refractivity contribution in [3.8, 4) is 5.75 Å². The van der Waals surface area contributed by atoms with Gasteiger partial charge in [0, 0.05) is 4.75 Å². The molecule has 2 aliphatic heterocycles. The summed E-state index contributed by atoms with van der Waals surface area (Å²) in [6.07, 6.45) is -0.765. The van der Waals surface area contributed by atoms with Crippen LogP contribution in [0.15, 0.2) is 30.3 Å². The molecule has 0 aromatic heterocycles. The van der Waals surface area contributed by atoms with Crippen molar-refractivity contribution in [2.24, 2.45) is 0 Å². The number of rotatable bonds is 5. The summed E-state index contributed by atoms with van der Waals surface area (Å²) in [5.74, 6) is -1.23. The predicted octanol–water partition coefficient (Wildman–Crippen LogP) is -1.80. The third kappa shape index (κ3) is 3.97. The van der Waals surface area contributed by atoms with E-state index in [1.165, 1.54) is 16.7 Å². The number of fused-ring (bicyclic) bond motifs is 1. The fourth-order valence-electron chi connectivity index (χ4n) is 3.17. The number of carbonyl (C=O) groups excluding carboxylic acids is 2. The van der Waals surface area contributed by atoms with Gasteiger partial charge in [0.1, 0.15) is 23.2 Å². The Hall–Kier alpha value is -0.584. The Balaban J connectivity index is 0.00000182. The van der Waals surface area contributed by atoms with Gasteiger partial charge in [-0.05, 0) is 32.9 Å². The third-order valence-electron chi connectivity index (χ3n) is 4.40. The molecule has 136 valence electrons. The van der Waals surface area contributed by atoms with Crippen LogP contribution in [0.3, 0.4) is 0 Å². The van der Waals surface area contributed by atoms with Crippen molar-refractivity contribution >= 4 is 29.5 Å². The largest absolute Gasteiger partial charge is 1.00 e. The Labute approximate surface area is 200 Å². The molecule has 1 aromatic rings. The molecule has 7 nitrogen and oxygen atoms in total. The van der Waals surface area contributed by atoms with Gasteiger partial charge < -0.3 is 21.5 Å². The van der Waals surface area contributed by atoms with Crippen LogP contribution in [0.4, 0.5) is 0 Å². The molecular formula is C17H21KN2O5S. The summed E-state index contributed by atoms with van der Waals surface area (Å²) < 4.78 is 4.94. The summed E-state index contributed by atoms with van der Waals surface area (Å²) >= 11 is 1.39. The predicted molar refractivity (Wildman–Crippen MR) is 93.3 cm³/mol. The summed E-state index contributed by atoms with van der Waals surface area (Å²) in [6.45, 7) is 5.19. The second-order valence-corrected chi connectivity index (χ2v) is 8.43. The number of nitrogens with zero attached hydrogens (tertiary/aromatic N) is 1. The first-order valence-corrected chi connectivity index (χ1v) is 8.85. The van der Waals surface area contributed by atoms with Crippen molar-refractivity contribution < 1.29 is 77.0 Å². The number of thioether (sulfide) groups is 1. The second-order valence-electron chi connectivity index (χ2n) is 6.66. The van der Waals surface area contributed by atoms with E-state index in [0.29, 0.717) is 5.75 Å². The molecule has 2 aliphatic rings. The summed E-state index contributed by atoms with van der Waals surface area (Å²) in [5, 5.41) is 11.7. The van der Waals surface area contributed by atoms with Crippen LogP contribution in [0.1, 0.15) is 22.2 Å². The van der Waals surface area contributed by atoms with Gasteiger partial charge in [0.05, 0.1) is 0 Å². The van der Waals surface area contributed by atoms with Gasteiger partial charge in [0.15, 0.2) is 6.10 Å². The molecular weight excluding hydrogens is 383 g/mol. The zero-order chi connectivity index (χ0) is 18.4. The van der Waals surface area contributed by atoms with E-state index < -0.39 is 34.8 Å². The molecule has 2 fully saturated rings. The number of ether oxygens (including phenoxy) is 1. The first-order chi connectivity index (χ1) is 11.7. The maximum absolute atomic E-state index is 12.4. The van der Waals surface area contributed by atoms with Crippen LogP contribution in [-0.4, -0.2) is 56.1 Å². The molecule has 0 saturated carbocycles. The number of carbonyl (C=O) groups is 3. The fraction of sp³-hybridized carbons (Fsp3) is 0.471. The van der Waals surface area contributed by atoms with E-state index in [9.17, 15) is 19.5 Å². The van der Waals surface area contributed by atoms with Crippen molar-refractivity contribution in [3.63, 3.8) is 0 Å². The van der Waals surface area contributed by atoms with Crippen LogP contribution in [0, 0.1) is 0 Å². The standard InChI is InChI=1S/C17H20N2O5S.K.H/c1-9(24-10-7-5-4-6-8-10)13(20)18-11-14(21)19-12(16(22)23)17(2,3)25-15(11)19;;/h4-9,11-12,15H,1-3H3,(H,18,20)(H,22,23);;/q;+1;-1/t9?,11-,12+,15-;;/m1../s1. The number of aliphatic carboxylic acids is 1. The van der Waals surface area contributed by atoms with Crippen LogP contribution in [0.5, 0.6) is 5.75 Å². The smallest absolute Gasteiger partial charge is 1.00 e. The Morgan fingerprint density at radius 2 is 1.96 bits per heavy atom. The summed E-state index contributed by atoms with van der Waals surface area (Å²) in [5.41, 5.74) is 0. The summed E-state index contributed by atoms with van der Waals surface area (Å²) in [6, 6.07) is 7.33. The topological polar surface area (TPSA) is 95.9 Å². The van der Waals surface area contributed by atoms with Crippen LogP contribution in [0.25, 0.3) is 0 Å². The van der Waals surface area contributed by atoms with Crippen molar-refractivity contribution in [1.82, 2.24) is 10.2 Å². The average Bonchev–Trinajstić information content (AvgIpc) is 2.81. The SMILES string of the molecule is CC(Oc1ccccc1)C(=O)N[C@@H]1C(=O)N2[C@@H]1SC(C)(C)[C@@H]2C(=O)O.[H-].[K+]. The van der Waals surface area contributed by atoms with Crippen molar-refractivity contribution in [3.05, 3.63) is 30.3 Å². The molecule has 0 aliphatic carbocycles. The van der Waals surface area contributed by atoms with E-state index in [1.54, 1.807) is 45.0 Å². The van der Waals surface area contributed by atoms with Crippen molar-refractivity contribution in [2.75, 3.05) is 0 Å². The molecule has 2 heterocycles. The van der Waals surface area contributed by atoms with E-state index in [0.717, 1.165) is 0 Å². The summed E-state index contributed by atoms with van der Waals surface area (Å²) in [7, 11) is 0. The molecule has 9 heteroatoms. The van der Waals surface area contributed by atoms with Gasteiger partial charge in [-0.2, -0.15) is 0 Å². The normalized spacial score (nSPS) is 26.8. The zero-order valence-electron chi connectivity index (χ0n) is 16.1. The second kappa shape index (κ2) is 8.20. The fourth-order valence-corrected chi connectivity index (χ4v) is 4.80. The molecule has 0 bridgehead atoms. The van der Waals surface area contributed by atoms with Gasteiger partial charge in [-0.15, -0.1) is 11.8 Å². The Kier molecular flexibility index (Phi) is 6.84. The van der Waals surface area contributed by atoms with E-state index in [1.807, 2.05) is 6.07 Å². The number of carboxylic acids is 1. The third-order valence-corrected chi connectivity index (χ3v) is 5.97. The van der Waals surface area contributed by atoms with Gasteiger partial charge in [0.25, 0.3) is 5.91 Å². The van der Waals surface area contributed by atoms with E-state index in [2.05, 4.69) is 5.32 Å². The van der Waals surface area contributed by atoms with Crippen molar-refractivity contribution in [1.29, 1.82) is 0 Å². The van der Waals surface area contributed by atoms with Crippen LogP contribution in [0.2, 0.25) is 0 Å². The quantitative estimate of drug-likeness (QED) is 0.444. The monoisotopic (exact) mass is 404 g/mol. The Bertz CT molecular complexity index is 721. The zero-order valence-corrected chi connectivity index (χ0v) is 19.1. The maximum Gasteiger partial charge on any atom is 1.00 e. The van der Waals surface area contributed by atoms with Gasteiger partial charge in [-0.1, -0.05) is 18.2 Å². The van der Waals surface area contributed by atoms with Crippen LogP contribution < -0.4 is 61.4 Å². The van der Waals surface area contributed by atoms with E-state index in [4.69, 9.17) is 4.74 Å². The molecule has 1 aromatic carbocycles. The number of hydrogen-bond acceptors (Lipinski definition) is 5. The first-order valence-electron chi connectivity index (χ1n) is 7.97. The van der Waals surface area contributed by atoms with Crippen LogP contribution in [-0.2, 0) is 14.4 Å². The van der Waals surface area contributed by atoms with Gasteiger partial charge in [0.2, 0.25) is 5.91 Å². The molecule has 2 amide bonds. The minimum atomic E-state index is -1.03. The molecule has 0 spiro atoms. The number of β-lactam (4-membered cyclic amide) rings is 1. The van der Waals surface area contributed by atoms with Gasteiger partial charge >= 0.3 is 57.4 Å². The van der Waals surface area contributed by atoms with E-state index >= 15 is 0 Å². The number of benzene rings is 1. The molecule has 2 saturated heterocycles.